The summed E-state index contributed by atoms with van der Waals surface area (Å²) >= 11 is 0. The summed E-state index contributed by atoms with van der Waals surface area (Å²) in [4.78, 5) is 0. The molecule has 2 N–H and O–H groups in total. The lowest BCUT2D eigenvalue weighted by atomic mass is 9.94. The van der Waals surface area contributed by atoms with Crippen LogP contribution in [0.3, 0.4) is 0 Å². The summed E-state index contributed by atoms with van der Waals surface area (Å²) in [6, 6.07) is 34.3. The first-order valence-corrected chi connectivity index (χ1v) is 10.8. The number of rotatable bonds is 5. The van der Waals surface area contributed by atoms with Crippen molar-refractivity contribution in [3.05, 3.63) is 114 Å². The molecule has 0 fully saturated rings. The van der Waals surface area contributed by atoms with Crippen LogP contribution in [0.2, 0.25) is 0 Å². The Balaban J connectivity index is 1.68. The van der Waals surface area contributed by atoms with Crippen molar-refractivity contribution in [1.82, 2.24) is 0 Å². The first-order chi connectivity index (χ1) is 15.2. The van der Waals surface area contributed by atoms with Crippen LogP contribution in [0.25, 0.3) is 21.5 Å². The van der Waals surface area contributed by atoms with Crippen molar-refractivity contribution < 1.29 is 0 Å². The molecule has 152 valence electrons. The zero-order valence-electron chi connectivity index (χ0n) is 17.9. The van der Waals surface area contributed by atoms with E-state index in [4.69, 9.17) is 0 Å². The van der Waals surface area contributed by atoms with E-state index >= 15 is 0 Å². The van der Waals surface area contributed by atoms with Crippen LogP contribution >= 0.6 is 0 Å². The van der Waals surface area contributed by atoms with Crippen molar-refractivity contribution in [3.63, 3.8) is 0 Å². The summed E-state index contributed by atoms with van der Waals surface area (Å²) in [5, 5.41) is 12.5. The van der Waals surface area contributed by atoms with Crippen LogP contribution in [-0.4, -0.2) is 0 Å². The molecule has 5 aromatic carbocycles. The van der Waals surface area contributed by atoms with E-state index in [1.165, 1.54) is 49.6 Å². The standard InChI is InChI=1S/C29H26N2/c1-20-11-3-9-17-27(20)30-19-26-22-13-5-7-15-24(22)29(25-16-8-6-14-23(25)26)31-28-18-10-4-12-21(28)2/h3-18,30-31H,19H2,1-2H3. The van der Waals surface area contributed by atoms with Gasteiger partial charge in [0, 0.05) is 28.7 Å². The second-order valence-electron chi connectivity index (χ2n) is 8.05. The normalized spacial score (nSPS) is 11.0. The first kappa shape index (κ1) is 19.2. The van der Waals surface area contributed by atoms with Crippen LogP contribution in [0.15, 0.2) is 97.1 Å². The van der Waals surface area contributed by atoms with Gasteiger partial charge in [-0.25, -0.2) is 0 Å². The van der Waals surface area contributed by atoms with Gasteiger partial charge in [-0.05, 0) is 53.4 Å². The highest BCUT2D eigenvalue weighted by Crippen LogP contribution is 2.39. The number of aryl methyl sites for hydroxylation is 2. The minimum absolute atomic E-state index is 0.774. The zero-order valence-corrected chi connectivity index (χ0v) is 17.9. The van der Waals surface area contributed by atoms with Gasteiger partial charge in [0.2, 0.25) is 0 Å². The van der Waals surface area contributed by atoms with Gasteiger partial charge in [-0.3, -0.25) is 0 Å². The fourth-order valence-corrected chi connectivity index (χ4v) is 4.35. The third-order valence-electron chi connectivity index (χ3n) is 6.05. The van der Waals surface area contributed by atoms with E-state index in [2.05, 4.69) is 122 Å². The van der Waals surface area contributed by atoms with Gasteiger partial charge in [-0.15, -0.1) is 0 Å². The van der Waals surface area contributed by atoms with Gasteiger partial charge in [0.05, 0.1) is 5.69 Å². The van der Waals surface area contributed by atoms with Crippen molar-refractivity contribution in [2.45, 2.75) is 20.4 Å². The summed E-state index contributed by atoms with van der Waals surface area (Å²) in [7, 11) is 0. The molecule has 0 aliphatic rings. The predicted molar refractivity (Wildman–Crippen MR) is 134 cm³/mol. The van der Waals surface area contributed by atoms with Crippen molar-refractivity contribution >= 4 is 38.6 Å². The summed E-state index contributed by atoms with van der Waals surface area (Å²) in [5.74, 6) is 0. The van der Waals surface area contributed by atoms with E-state index in [1.807, 2.05) is 0 Å². The van der Waals surface area contributed by atoms with Gasteiger partial charge in [-0.1, -0.05) is 84.9 Å². The molecule has 31 heavy (non-hydrogen) atoms. The Morgan fingerprint density at radius 1 is 0.516 bits per heavy atom. The van der Waals surface area contributed by atoms with Crippen LogP contribution in [-0.2, 0) is 6.54 Å². The van der Waals surface area contributed by atoms with Gasteiger partial charge in [0.1, 0.15) is 0 Å². The Bertz CT molecular complexity index is 1330. The average Bonchev–Trinajstić information content (AvgIpc) is 2.81. The molecule has 0 aliphatic carbocycles. The second kappa shape index (κ2) is 8.16. The molecule has 0 heterocycles. The molecule has 2 heteroatoms. The Hall–Kier alpha value is -3.78. The maximum Gasteiger partial charge on any atom is 0.0543 e. The van der Waals surface area contributed by atoms with Gasteiger partial charge < -0.3 is 10.6 Å². The van der Waals surface area contributed by atoms with Crippen LogP contribution in [0.4, 0.5) is 17.1 Å². The van der Waals surface area contributed by atoms with E-state index in [0.717, 1.165) is 12.2 Å². The molecule has 0 aromatic heterocycles. The number of hydrogen-bond donors (Lipinski definition) is 2. The molecule has 5 aromatic rings. The summed E-state index contributed by atoms with van der Waals surface area (Å²) < 4.78 is 0. The van der Waals surface area contributed by atoms with Crippen molar-refractivity contribution in [2.75, 3.05) is 10.6 Å². The Labute approximate surface area is 183 Å². The molecule has 0 saturated carbocycles. The van der Waals surface area contributed by atoms with E-state index in [9.17, 15) is 0 Å². The molecule has 0 atom stereocenters. The van der Waals surface area contributed by atoms with Gasteiger partial charge >= 0.3 is 0 Å². The highest BCUT2D eigenvalue weighted by molar-refractivity contribution is 6.14. The number of benzene rings is 5. The van der Waals surface area contributed by atoms with E-state index < -0.39 is 0 Å². The second-order valence-corrected chi connectivity index (χ2v) is 8.05. The number of nitrogens with one attached hydrogen (secondary N) is 2. The van der Waals surface area contributed by atoms with E-state index in [-0.39, 0.29) is 0 Å². The Morgan fingerprint density at radius 2 is 0.968 bits per heavy atom. The van der Waals surface area contributed by atoms with Gasteiger partial charge in [-0.2, -0.15) is 0 Å². The molecule has 0 spiro atoms. The Kier molecular flexibility index (Phi) is 5.05. The third kappa shape index (κ3) is 3.62. The first-order valence-electron chi connectivity index (χ1n) is 10.8. The van der Waals surface area contributed by atoms with E-state index in [0.29, 0.717) is 0 Å². The lowest BCUT2D eigenvalue weighted by Gasteiger charge is -2.20. The number of fused-ring (bicyclic) bond motifs is 2. The fourth-order valence-electron chi connectivity index (χ4n) is 4.35. The topological polar surface area (TPSA) is 24.1 Å². The van der Waals surface area contributed by atoms with Crippen LogP contribution < -0.4 is 10.6 Å². The Morgan fingerprint density at radius 3 is 1.52 bits per heavy atom. The van der Waals surface area contributed by atoms with Crippen molar-refractivity contribution in [1.29, 1.82) is 0 Å². The highest BCUT2D eigenvalue weighted by atomic mass is 14.9. The van der Waals surface area contributed by atoms with E-state index in [1.54, 1.807) is 0 Å². The number of anilines is 3. The van der Waals surface area contributed by atoms with Crippen molar-refractivity contribution in [3.8, 4) is 0 Å². The van der Waals surface area contributed by atoms with Crippen LogP contribution in [0, 0.1) is 13.8 Å². The van der Waals surface area contributed by atoms with Crippen LogP contribution in [0.5, 0.6) is 0 Å². The minimum Gasteiger partial charge on any atom is -0.381 e. The molecule has 0 radical (unpaired) electrons. The molecular weight excluding hydrogens is 376 g/mol. The summed E-state index contributed by atoms with van der Waals surface area (Å²) in [6.45, 7) is 5.07. The van der Waals surface area contributed by atoms with Gasteiger partial charge in [0.15, 0.2) is 0 Å². The predicted octanol–water partition coefficient (Wildman–Crippen LogP) is 7.97. The fraction of sp³-hybridized carbons (Fsp3) is 0.103. The largest absolute Gasteiger partial charge is 0.381 e. The van der Waals surface area contributed by atoms with Gasteiger partial charge in [0.25, 0.3) is 0 Å². The quantitative estimate of drug-likeness (QED) is 0.291. The van der Waals surface area contributed by atoms with Crippen LogP contribution in [0.1, 0.15) is 16.7 Å². The molecular formula is C29H26N2. The molecule has 0 saturated heterocycles. The summed E-state index contributed by atoms with van der Waals surface area (Å²) in [5.41, 5.74) is 7.31. The highest BCUT2D eigenvalue weighted by Gasteiger charge is 2.14. The third-order valence-corrected chi connectivity index (χ3v) is 6.05. The van der Waals surface area contributed by atoms with Crippen molar-refractivity contribution in [2.24, 2.45) is 0 Å². The monoisotopic (exact) mass is 402 g/mol. The lowest BCUT2D eigenvalue weighted by Crippen LogP contribution is -2.04. The smallest absolute Gasteiger partial charge is 0.0543 e. The minimum atomic E-state index is 0.774. The molecule has 5 rings (SSSR count). The lowest BCUT2D eigenvalue weighted by molar-refractivity contribution is 1.17. The number of hydrogen-bond acceptors (Lipinski definition) is 2. The summed E-state index contributed by atoms with van der Waals surface area (Å²) in [6.07, 6.45) is 0. The zero-order chi connectivity index (χ0) is 21.2. The maximum atomic E-state index is 3.75. The molecule has 0 amide bonds. The average molecular weight is 403 g/mol. The number of para-hydroxylation sites is 2. The molecule has 2 nitrogen and oxygen atoms in total. The maximum absolute atomic E-state index is 3.75. The molecule has 0 aliphatic heterocycles. The molecule has 0 bridgehead atoms. The molecule has 0 unspecified atom stereocenters. The SMILES string of the molecule is Cc1ccccc1NCc1c2ccccc2c(Nc2ccccc2C)c2ccccc12.